The standard InChI is InChI=1S/C8H11N5O/c1-12(2)7-5-6(10-4-9-5)11-8(14)13(7)3/h4H,1-3H3,(H,9,10,11,14). The van der Waals surface area contributed by atoms with E-state index in [1.54, 1.807) is 7.05 Å². The summed E-state index contributed by atoms with van der Waals surface area (Å²) < 4.78 is 1.49. The lowest BCUT2D eigenvalue weighted by atomic mass is 10.4. The second-order valence-corrected chi connectivity index (χ2v) is 3.27. The summed E-state index contributed by atoms with van der Waals surface area (Å²) in [6.07, 6.45) is 1.53. The first kappa shape index (κ1) is 8.74. The number of fused-ring (bicyclic) bond motifs is 1. The average Bonchev–Trinajstić information content (AvgIpc) is 2.52. The molecule has 0 spiro atoms. The minimum atomic E-state index is -0.298. The molecule has 0 bridgehead atoms. The van der Waals surface area contributed by atoms with Crippen LogP contribution in [0.4, 0.5) is 5.82 Å². The second kappa shape index (κ2) is 2.83. The number of hydrogen-bond donors (Lipinski definition) is 1. The fourth-order valence-corrected chi connectivity index (χ4v) is 1.48. The summed E-state index contributed by atoms with van der Waals surface area (Å²) in [5.41, 5.74) is 0.933. The largest absolute Gasteiger partial charge is 0.362 e. The molecule has 74 valence electrons. The third-order valence-corrected chi connectivity index (χ3v) is 2.07. The van der Waals surface area contributed by atoms with Crippen molar-refractivity contribution < 1.29 is 0 Å². The number of aromatic amines is 1. The zero-order valence-electron chi connectivity index (χ0n) is 8.27. The number of rotatable bonds is 1. The van der Waals surface area contributed by atoms with Gasteiger partial charge in [-0.3, -0.25) is 4.57 Å². The molecule has 14 heavy (non-hydrogen) atoms. The van der Waals surface area contributed by atoms with Crippen LogP contribution >= 0.6 is 0 Å². The molecule has 0 atom stereocenters. The van der Waals surface area contributed by atoms with E-state index in [0.717, 1.165) is 11.3 Å². The summed E-state index contributed by atoms with van der Waals surface area (Å²) >= 11 is 0. The first-order chi connectivity index (χ1) is 6.61. The number of anilines is 1. The molecule has 2 aromatic heterocycles. The normalized spacial score (nSPS) is 10.8. The van der Waals surface area contributed by atoms with Crippen LogP contribution in [0.15, 0.2) is 11.1 Å². The molecule has 0 unspecified atom stereocenters. The maximum atomic E-state index is 11.4. The Hall–Kier alpha value is -1.85. The number of hydrogen-bond acceptors (Lipinski definition) is 4. The van der Waals surface area contributed by atoms with Gasteiger partial charge in [-0.2, -0.15) is 4.98 Å². The minimum absolute atomic E-state index is 0.298. The molecule has 1 N–H and O–H groups in total. The van der Waals surface area contributed by atoms with Gasteiger partial charge in [-0.05, 0) is 0 Å². The summed E-state index contributed by atoms with van der Waals surface area (Å²) in [5.74, 6) is 0.775. The van der Waals surface area contributed by atoms with Gasteiger partial charge >= 0.3 is 5.69 Å². The predicted molar refractivity (Wildman–Crippen MR) is 53.5 cm³/mol. The molecule has 0 saturated carbocycles. The van der Waals surface area contributed by atoms with Gasteiger partial charge in [-0.15, -0.1) is 0 Å². The number of nitrogens with one attached hydrogen (secondary N) is 1. The summed E-state index contributed by atoms with van der Waals surface area (Å²) in [6, 6.07) is 0. The molecule has 0 aliphatic rings. The first-order valence-electron chi connectivity index (χ1n) is 4.18. The third-order valence-electron chi connectivity index (χ3n) is 2.07. The van der Waals surface area contributed by atoms with E-state index in [-0.39, 0.29) is 5.69 Å². The molecule has 2 heterocycles. The van der Waals surface area contributed by atoms with Gasteiger partial charge in [0.1, 0.15) is 11.3 Å². The SMILES string of the molecule is CN(C)c1c2[nH]cnc2nc(=O)n1C. The Morgan fingerprint density at radius 2 is 2.21 bits per heavy atom. The summed E-state index contributed by atoms with van der Waals surface area (Å²) in [7, 11) is 5.43. The molecule has 0 aromatic carbocycles. The molecule has 2 rings (SSSR count). The molecular weight excluding hydrogens is 182 g/mol. The molecule has 6 nitrogen and oxygen atoms in total. The van der Waals surface area contributed by atoms with E-state index in [1.165, 1.54) is 10.9 Å². The van der Waals surface area contributed by atoms with E-state index in [2.05, 4.69) is 15.0 Å². The molecule has 0 fully saturated rings. The van der Waals surface area contributed by atoms with Crippen LogP contribution in [0.3, 0.4) is 0 Å². The lowest BCUT2D eigenvalue weighted by Crippen LogP contribution is -2.26. The van der Waals surface area contributed by atoms with Crippen LogP contribution in [0.1, 0.15) is 0 Å². The van der Waals surface area contributed by atoms with E-state index in [9.17, 15) is 4.79 Å². The van der Waals surface area contributed by atoms with Crippen molar-refractivity contribution >= 4 is 17.0 Å². The van der Waals surface area contributed by atoms with Gasteiger partial charge in [0.15, 0.2) is 5.65 Å². The maximum Gasteiger partial charge on any atom is 0.351 e. The van der Waals surface area contributed by atoms with Crippen LogP contribution in [0.2, 0.25) is 0 Å². The number of H-pyrrole nitrogens is 1. The van der Waals surface area contributed by atoms with Gasteiger partial charge in [0.25, 0.3) is 0 Å². The molecule has 0 radical (unpaired) electrons. The lowest BCUT2D eigenvalue weighted by molar-refractivity contribution is 0.803. The van der Waals surface area contributed by atoms with Gasteiger partial charge in [0.05, 0.1) is 6.33 Å². The lowest BCUT2D eigenvalue weighted by Gasteiger charge is -2.16. The average molecular weight is 193 g/mol. The fourth-order valence-electron chi connectivity index (χ4n) is 1.48. The Balaban J connectivity index is 2.94. The van der Waals surface area contributed by atoms with Crippen LogP contribution in [-0.2, 0) is 7.05 Å². The Kier molecular flexibility index (Phi) is 1.77. The molecule has 0 aliphatic heterocycles. The highest BCUT2D eigenvalue weighted by Crippen LogP contribution is 2.17. The minimum Gasteiger partial charge on any atom is -0.362 e. The van der Waals surface area contributed by atoms with E-state index in [1.807, 2.05) is 19.0 Å². The predicted octanol–water partition coefficient (Wildman–Crippen LogP) is -0.277. The highest BCUT2D eigenvalue weighted by molar-refractivity contribution is 5.82. The van der Waals surface area contributed by atoms with Crippen molar-refractivity contribution in [3.05, 3.63) is 16.8 Å². The summed E-state index contributed by atoms with van der Waals surface area (Å²) in [5, 5.41) is 0. The van der Waals surface area contributed by atoms with Gasteiger partial charge in [0.2, 0.25) is 0 Å². The fraction of sp³-hybridized carbons (Fsp3) is 0.375. The van der Waals surface area contributed by atoms with Crippen LogP contribution in [-0.4, -0.2) is 33.6 Å². The zero-order valence-corrected chi connectivity index (χ0v) is 8.27. The van der Waals surface area contributed by atoms with Crippen molar-refractivity contribution in [1.82, 2.24) is 19.5 Å². The van der Waals surface area contributed by atoms with E-state index in [4.69, 9.17) is 0 Å². The Bertz CT molecular complexity index is 524. The van der Waals surface area contributed by atoms with Gasteiger partial charge in [0, 0.05) is 21.1 Å². The van der Waals surface area contributed by atoms with Crippen molar-refractivity contribution in [2.45, 2.75) is 0 Å². The highest BCUT2D eigenvalue weighted by atomic mass is 16.1. The van der Waals surface area contributed by atoms with Gasteiger partial charge in [-0.25, -0.2) is 9.78 Å². The molecular formula is C8H11N5O. The molecule has 2 aromatic rings. The molecule has 0 saturated heterocycles. The van der Waals surface area contributed by atoms with E-state index in [0.29, 0.717) is 5.65 Å². The van der Waals surface area contributed by atoms with Crippen molar-refractivity contribution in [3.63, 3.8) is 0 Å². The smallest absolute Gasteiger partial charge is 0.351 e. The Labute approximate surface area is 80.2 Å². The maximum absolute atomic E-state index is 11.4. The van der Waals surface area contributed by atoms with Crippen LogP contribution < -0.4 is 10.6 Å². The van der Waals surface area contributed by atoms with Gasteiger partial charge in [-0.1, -0.05) is 0 Å². The summed E-state index contributed by atoms with van der Waals surface area (Å²) in [6.45, 7) is 0. The quantitative estimate of drug-likeness (QED) is 0.676. The summed E-state index contributed by atoms with van der Waals surface area (Å²) in [4.78, 5) is 24.0. The van der Waals surface area contributed by atoms with Crippen molar-refractivity contribution in [1.29, 1.82) is 0 Å². The topological polar surface area (TPSA) is 66.8 Å². The van der Waals surface area contributed by atoms with Crippen LogP contribution in [0.25, 0.3) is 11.2 Å². The van der Waals surface area contributed by atoms with Crippen molar-refractivity contribution in [2.24, 2.45) is 7.05 Å². The number of imidazole rings is 1. The number of aromatic nitrogens is 4. The van der Waals surface area contributed by atoms with Crippen LogP contribution in [0.5, 0.6) is 0 Å². The molecule has 6 heteroatoms. The van der Waals surface area contributed by atoms with Crippen LogP contribution in [0, 0.1) is 0 Å². The van der Waals surface area contributed by atoms with E-state index >= 15 is 0 Å². The molecule has 0 aliphatic carbocycles. The highest BCUT2D eigenvalue weighted by Gasteiger charge is 2.11. The van der Waals surface area contributed by atoms with Crippen molar-refractivity contribution in [2.75, 3.05) is 19.0 Å². The van der Waals surface area contributed by atoms with Crippen molar-refractivity contribution in [3.8, 4) is 0 Å². The first-order valence-corrected chi connectivity index (χ1v) is 4.18. The Morgan fingerprint density at radius 3 is 2.86 bits per heavy atom. The molecule has 0 amide bonds. The monoisotopic (exact) mass is 193 g/mol. The second-order valence-electron chi connectivity index (χ2n) is 3.27. The number of nitrogens with zero attached hydrogens (tertiary/aromatic N) is 4. The Morgan fingerprint density at radius 1 is 1.50 bits per heavy atom. The third kappa shape index (κ3) is 1.07. The zero-order chi connectivity index (χ0) is 10.3. The van der Waals surface area contributed by atoms with Gasteiger partial charge < -0.3 is 9.88 Å². The van der Waals surface area contributed by atoms with E-state index < -0.39 is 0 Å².